The second-order valence-corrected chi connectivity index (χ2v) is 9.01. The van der Waals surface area contributed by atoms with Crippen molar-refractivity contribution in [2.24, 2.45) is 11.8 Å². The molecule has 1 saturated carbocycles. The van der Waals surface area contributed by atoms with Crippen LogP contribution in [0, 0.1) is 11.8 Å². The molecule has 1 aliphatic carbocycles. The number of carbonyl (C=O) groups excluding carboxylic acids is 1. The summed E-state index contributed by atoms with van der Waals surface area (Å²) in [6.45, 7) is 1.71. The first-order chi connectivity index (χ1) is 15.3. The maximum Gasteiger partial charge on any atom is 0.276 e. The summed E-state index contributed by atoms with van der Waals surface area (Å²) in [6, 6.07) is 20.4. The predicted octanol–water partition coefficient (Wildman–Crippen LogP) is 4.96. The van der Waals surface area contributed by atoms with Crippen molar-refractivity contribution in [2.45, 2.75) is 44.6 Å². The lowest BCUT2D eigenvalue weighted by atomic mass is 9.80. The molecule has 5 rings (SSSR count). The van der Waals surface area contributed by atoms with Gasteiger partial charge in [0.05, 0.1) is 6.20 Å². The highest BCUT2D eigenvalue weighted by Gasteiger charge is 2.33. The van der Waals surface area contributed by atoms with Crippen LogP contribution in [0.5, 0.6) is 0 Å². The molecule has 0 spiro atoms. The molecule has 0 bridgehead atoms. The van der Waals surface area contributed by atoms with E-state index in [1.165, 1.54) is 32.1 Å². The van der Waals surface area contributed by atoms with Crippen LogP contribution in [0.2, 0.25) is 0 Å². The average molecular weight is 415 g/mol. The summed E-state index contributed by atoms with van der Waals surface area (Å²) < 4.78 is 1.83. The Morgan fingerprint density at radius 2 is 1.48 bits per heavy atom. The summed E-state index contributed by atoms with van der Waals surface area (Å²) in [5, 5.41) is 8.68. The lowest BCUT2D eigenvalue weighted by Crippen LogP contribution is -2.30. The van der Waals surface area contributed by atoms with Crippen LogP contribution in [0.25, 0.3) is 0 Å². The number of rotatable bonds is 5. The molecule has 3 aromatic rings. The first kappa shape index (κ1) is 20.0. The lowest BCUT2D eigenvalue weighted by molar-refractivity contribution is 0.0773. The molecule has 5 heteroatoms. The predicted molar refractivity (Wildman–Crippen MR) is 121 cm³/mol. The van der Waals surface area contributed by atoms with E-state index in [0.29, 0.717) is 11.6 Å². The van der Waals surface area contributed by atoms with Crippen LogP contribution in [0.3, 0.4) is 0 Å². The summed E-state index contributed by atoms with van der Waals surface area (Å²) in [5.74, 6) is 1.47. The first-order valence-electron chi connectivity index (χ1n) is 11.6. The van der Waals surface area contributed by atoms with E-state index in [9.17, 15) is 4.79 Å². The Morgan fingerprint density at radius 1 is 0.839 bits per heavy atom. The van der Waals surface area contributed by atoms with Crippen LogP contribution in [0.4, 0.5) is 0 Å². The summed E-state index contributed by atoms with van der Waals surface area (Å²) in [7, 11) is 0. The standard InChI is InChI=1S/C26H30N4O/c31-26(29-17-16-23(18-29)20-10-4-1-5-11-20)24-19-30(28-27-24)25(21-12-6-2-7-13-21)22-14-8-3-9-15-22/h2-3,6-9,12-15,19-20,23,25H,1,4-5,10-11,16-18H2/t23-/m0/s1. The molecule has 1 saturated heterocycles. The van der Waals surface area contributed by atoms with E-state index in [4.69, 9.17) is 0 Å². The third-order valence-corrected chi connectivity index (χ3v) is 7.05. The van der Waals surface area contributed by atoms with Gasteiger partial charge in [-0.25, -0.2) is 4.68 Å². The molecule has 0 unspecified atom stereocenters. The molecule has 0 radical (unpaired) electrons. The van der Waals surface area contributed by atoms with Gasteiger partial charge in [-0.2, -0.15) is 0 Å². The number of likely N-dealkylation sites (tertiary alicyclic amines) is 1. The molecule has 2 aliphatic rings. The largest absolute Gasteiger partial charge is 0.337 e. The highest BCUT2D eigenvalue weighted by atomic mass is 16.2. The fraction of sp³-hybridized carbons (Fsp3) is 0.423. The summed E-state index contributed by atoms with van der Waals surface area (Å²) in [6.07, 6.45) is 9.69. The second kappa shape index (κ2) is 9.04. The Balaban J connectivity index is 1.35. The summed E-state index contributed by atoms with van der Waals surface area (Å²) >= 11 is 0. The SMILES string of the molecule is O=C(c1cn(C(c2ccccc2)c2ccccc2)nn1)N1CC[C@H](C2CCCCC2)C1. The van der Waals surface area contributed by atoms with Crippen molar-refractivity contribution >= 4 is 5.91 Å². The van der Waals surface area contributed by atoms with Crippen molar-refractivity contribution in [3.05, 3.63) is 83.7 Å². The monoisotopic (exact) mass is 414 g/mol. The number of hydrogen-bond donors (Lipinski definition) is 0. The Hall–Kier alpha value is -2.95. The summed E-state index contributed by atoms with van der Waals surface area (Å²) in [4.78, 5) is 15.2. The average Bonchev–Trinajstić information content (AvgIpc) is 3.52. The minimum Gasteiger partial charge on any atom is -0.337 e. The number of benzene rings is 2. The van der Waals surface area contributed by atoms with Crippen LogP contribution < -0.4 is 0 Å². The zero-order valence-corrected chi connectivity index (χ0v) is 17.9. The number of amides is 1. The lowest BCUT2D eigenvalue weighted by Gasteiger charge is -2.27. The molecule has 2 aromatic carbocycles. The fourth-order valence-corrected chi connectivity index (χ4v) is 5.39. The number of nitrogens with zero attached hydrogens (tertiary/aromatic N) is 4. The smallest absolute Gasteiger partial charge is 0.276 e. The number of hydrogen-bond acceptors (Lipinski definition) is 3. The topological polar surface area (TPSA) is 51.0 Å². The van der Waals surface area contributed by atoms with Crippen molar-refractivity contribution < 1.29 is 4.79 Å². The third-order valence-electron chi connectivity index (χ3n) is 7.05. The minimum atomic E-state index is -0.106. The van der Waals surface area contributed by atoms with Crippen LogP contribution in [-0.4, -0.2) is 38.9 Å². The normalized spacial score (nSPS) is 19.8. The van der Waals surface area contributed by atoms with E-state index in [2.05, 4.69) is 34.6 Å². The minimum absolute atomic E-state index is 0.0180. The summed E-state index contributed by atoms with van der Waals surface area (Å²) in [5.41, 5.74) is 2.69. The highest BCUT2D eigenvalue weighted by molar-refractivity contribution is 5.92. The molecule has 5 nitrogen and oxygen atoms in total. The van der Waals surface area contributed by atoms with Crippen molar-refractivity contribution in [1.29, 1.82) is 0 Å². The quantitative estimate of drug-likeness (QED) is 0.593. The van der Waals surface area contributed by atoms with Crippen molar-refractivity contribution in [2.75, 3.05) is 13.1 Å². The Kier molecular flexibility index (Phi) is 5.83. The van der Waals surface area contributed by atoms with Crippen LogP contribution in [0.1, 0.15) is 66.2 Å². The van der Waals surface area contributed by atoms with E-state index in [1.54, 1.807) is 0 Å². The molecule has 2 fully saturated rings. The number of carbonyl (C=O) groups is 1. The zero-order chi connectivity index (χ0) is 21.0. The molecule has 160 valence electrons. The molecule has 0 N–H and O–H groups in total. The van der Waals surface area contributed by atoms with Gasteiger partial charge in [0.25, 0.3) is 5.91 Å². The van der Waals surface area contributed by atoms with E-state index in [1.807, 2.05) is 52.2 Å². The molecular formula is C26H30N4O. The van der Waals surface area contributed by atoms with E-state index in [-0.39, 0.29) is 11.9 Å². The van der Waals surface area contributed by atoms with Gasteiger partial charge in [-0.1, -0.05) is 98.0 Å². The first-order valence-corrected chi connectivity index (χ1v) is 11.6. The Labute approximate surface area is 184 Å². The van der Waals surface area contributed by atoms with Crippen LogP contribution in [0.15, 0.2) is 66.9 Å². The highest BCUT2D eigenvalue weighted by Crippen LogP contribution is 2.35. The van der Waals surface area contributed by atoms with Gasteiger partial charge in [0, 0.05) is 13.1 Å². The maximum atomic E-state index is 13.2. The molecule has 1 aliphatic heterocycles. The van der Waals surface area contributed by atoms with Gasteiger partial charge in [-0.05, 0) is 29.4 Å². The van der Waals surface area contributed by atoms with Gasteiger partial charge in [-0.15, -0.1) is 5.10 Å². The molecule has 1 aromatic heterocycles. The number of aromatic nitrogens is 3. The van der Waals surface area contributed by atoms with Crippen LogP contribution in [-0.2, 0) is 0 Å². The third kappa shape index (κ3) is 4.27. The van der Waals surface area contributed by atoms with Gasteiger partial charge in [-0.3, -0.25) is 4.79 Å². The Morgan fingerprint density at radius 3 is 2.13 bits per heavy atom. The van der Waals surface area contributed by atoms with Gasteiger partial charge in [0.15, 0.2) is 5.69 Å². The van der Waals surface area contributed by atoms with E-state index < -0.39 is 0 Å². The molecule has 2 heterocycles. The van der Waals surface area contributed by atoms with E-state index in [0.717, 1.165) is 36.6 Å². The Bertz CT molecular complexity index is 955. The fourth-order valence-electron chi connectivity index (χ4n) is 5.39. The molecular weight excluding hydrogens is 384 g/mol. The van der Waals surface area contributed by atoms with Gasteiger partial charge in [0.2, 0.25) is 0 Å². The van der Waals surface area contributed by atoms with Crippen molar-refractivity contribution in [1.82, 2.24) is 19.9 Å². The van der Waals surface area contributed by atoms with Gasteiger partial charge in [0.1, 0.15) is 6.04 Å². The van der Waals surface area contributed by atoms with Gasteiger partial charge >= 0.3 is 0 Å². The molecule has 31 heavy (non-hydrogen) atoms. The zero-order valence-electron chi connectivity index (χ0n) is 17.9. The molecule has 1 atom stereocenters. The second-order valence-electron chi connectivity index (χ2n) is 9.01. The van der Waals surface area contributed by atoms with Gasteiger partial charge < -0.3 is 4.90 Å². The van der Waals surface area contributed by atoms with E-state index >= 15 is 0 Å². The van der Waals surface area contributed by atoms with Crippen molar-refractivity contribution in [3.63, 3.8) is 0 Å². The molecule has 1 amide bonds. The van der Waals surface area contributed by atoms with Crippen molar-refractivity contribution in [3.8, 4) is 0 Å². The van der Waals surface area contributed by atoms with Crippen LogP contribution >= 0.6 is 0 Å². The maximum absolute atomic E-state index is 13.2.